The number of rotatable bonds is 7. The van der Waals surface area contributed by atoms with Crippen molar-refractivity contribution in [3.8, 4) is 17.1 Å². The van der Waals surface area contributed by atoms with E-state index in [9.17, 15) is 9.59 Å². The van der Waals surface area contributed by atoms with Gasteiger partial charge in [0.15, 0.2) is 23.1 Å². The van der Waals surface area contributed by atoms with Crippen molar-refractivity contribution in [2.24, 2.45) is 7.05 Å². The van der Waals surface area contributed by atoms with Crippen molar-refractivity contribution < 1.29 is 18.4 Å². The number of hydrogen-bond donors (Lipinski definition) is 4. The van der Waals surface area contributed by atoms with Gasteiger partial charge in [-0.3, -0.25) is 14.8 Å². The smallest absolute Gasteiger partial charge is 0.324 e. The number of nitrogens with one attached hydrogen (secondary N) is 4. The maximum Gasteiger partial charge on any atom is 0.324 e. The summed E-state index contributed by atoms with van der Waals surface area (Å²) in [4.78, 5) is 29.4. The van der Waals surface area contributed by atoms with Crippen LogP contribution in [0, 0.1) is 0 Å². The molecule has 4 aromatic rings. The van der Waals surface area contributed by atoms with Crippen LogP contribution in [0.25, 0.3) is 11.4 Å². The Labute approximate surface area is 205 Å². The van der Waals surface area contributed by atoms with E-state index in [4.69, 9.17) is 8.85 Å². The lowest BCUT2D eigenvalue weighted by molar-refractivity contribution is 0.0958. The first kappa shape index (κ1) is 19.5. The minimum Gasteiger partial charge on any atom is -0.494 e. The lowest BCUT2D eigenvalue weighted by atomic mass is 10.1. The molecule has 0 radical (unpaired) electrons. The van der Waals surface area contributed by atoms with Crippen molar-refractivity contribution >= 4 is 34.8 Å². The lowest BCUT2D eigenvalue weighted by Gasteiger charge is -2.16. The zero-order valence-corrected chi connectivity index (χ0v) is 18.7. The number of aromatic nitrogens is 5. The molecule has 2 aromatic carbocycles. The van der Waals surface area contributed by atoms with E-state index in [2.05, 4.69) is 36.2 Å². The summed E-state index contributed by atoms with van der Waals surface area (Å²) in [6, 6.07) is 14.6. The third kappa shape index (κ3) is 5.33. The van der Waals surface area contributed by atoms with Gasteiger partial charge in [0.1, 0.15) is 6.33 Å². The van der Waals surface area contributed by atoms with E-state index >= 15 is 0 Å². The van der Waals surface area contributed by atoms with E-state index < -0.39 is 18.9 Å². The number of hydrogen-bond acceptors (Lipinski definition) is 8. The number of carbonyl (C=O) groups excluding carboxylic acids is 2. The summed E-state index contributed by atoms with van der Waals surface area (Å²) >= 11 is 0. The Bertz CT molecular complexity index is 1460. The zero-order valence-electron chi connectivity index (χ0n) is 21.7. The quantitative estimate of drug-likeness (QED) is 0.318. The number of anilines is 4. The van der Waals surface area contributed by atoms with Gasteiger partial charge < -0.3 is 20.7 Å². The average Bonchev–Trinajstić information content (AvgIpc) is 3.29. The van der Waals surface area contributed by atoms with Gasteiger partial charge in [0, 0.05) is 29.9 Å². The Morgan fingerprint density at radius 3 is 2.57 bits per heavy atom. The molecule has 0 bridgehead atoms. The lowest BCUT2D eigenvalue weighted by Crippen LogP contribution is -2.23. The first-order valence-electron chi connectivity index (χ1n) is 11.8. The van der Waals surface area contributed by atoms with Crippen LogP contribution < -0.4 is 26.0 Å². The van der Waals surface area contributed by atoms with Crippen molar-refractivity contribution in [1.29, 1.82) is 0 Å². The molecular weight excluding hydrogens is 450 g/mol. The van der Waals surface area contributed by atoms with Gasteiger partial charge in [-0.25, -0.2) is 9.78 Å². The average molecular weight is 477 g/mol. The second-order valence-corrected chi connectivity index (χ2v) is 7.14. The standard InChI is InChI=1S/C23H23N9O3/c1-24-22(33)19-17(12-18(29-30-19)28-23(34)26-14-8-5-4-6-9-14)27-16-11-7-10-15(20(16)35-3)21-25-13-32(2)31-21/h4-13H,1-3H3,(H,24,33)(H3,26,27,28,29,34)/i1D3. The molecule has 12 nitrogen and oxygen atoms in total. The fourth-order valence-corrected chi connectivity index (χ4v) is 3.21. The zero-order chi connectivity index (χ0) is 27.3. The Hall–Kier alpha value is -5.00. The maximum absolute atomic E-state index is 12.7. The normalized spacial score (nSPS) is 12.0. The summed E-state index contributed by atoms with van der Waals surface area (Å²) in [6.45, 7) is -2.76. The number of benzene rings is 2. The van der Waals surface area contributed by atoms with Crippen molar-refractivity contribution in [2.75, 3.05) is 30.0 Å². The second-order valence-electron chi connectivity index (χ2n) is 7.14. The molecule has 0 saturated carbocycles. The van der Waals surface area contributed by atoms with Gasteiger partial charge in [0.05, 0.1) is 24.0 Å². The molecular formula is C23H23N9O3. The first-order valence-corrected chi connectivity index (χ1v) is 10.3. The van der Waals surface area contributed by atoms with E-state index in [1.165, 1.54) is 24.2 Å². The van der Waals surface area contributed by atoms with Gasteiger partial charge >= 0.3 is 6.03 Å². The first-order chi connectivity index (χ1) is 18.1. The van der Waals surface area contributed by atoms with Crippen LogP contribution in [0.1, 0.15) is 14.6 Å². The van der Waals surface area contributed by atoms with Gasteiger partial charge in [-0.15, -0.1) is 10.2 Å². The molecule has 0 unspecified atom stereocenters. The highest BCUT2D eigenvalue weighted by Crippen LogP contribution is 2.37. The molecule has 4 N–H and O–H groups in total. The topological polar surface area (TPSA) is 148 Å². The van der Waals surface area contributed by atoms with Crippen LogP contribution in [0.4, 0.5) is 27.7 Å². The summed E-state index contributed by atoms with van der Waals surface area (Å²) in [6.07, 6.45) is 1.54. The highest BCUT2D eigenvalue weighted by molar-refractivity contribution is 6.01. The molecule has 2 heterocycles. The number of amides is 3. The number of carbonyl (C=O) groups is 2. The highest BCUT2D eigenvalue weighted by Gasteiger charge is 2.19. The molecule has 2 aromatic heterocycles. The Balaban J connectivity index is 1.68. The van der Waals surface area contributed by atoms with E-state index in [-0.39, 0.29) is 17.2 Å². The molecule has 0 aliphatic heterocycles. The molecule has 0 fully saturated rings. The van der Waals surface area contributed by atoms with Crippen LogP contribution in [0.3, 0.4) is 0 Å². The molecule has 12 heteroatoms. The molecule has 0 aliphatic carbocycles. The predicted octanol–water partition coefficient (Wildman–Crippen LogP) is 3.03. The van der Waals surface area contributed by atoms with Crippen LogP contribution in [-0.2, 0) is 7.05 Å². The molecule has 4 rings (SSSR count). The van der Waals surface area contributed by atoms with Crippen molar-refractivity contribution in [3.05, 3.63) is 66.6 Å². The van der Waals surface area contributed by atoms with Crippen molar-refractivity contribution in [2.45, 2.75) is 0 Å². The van der Waals surface area contributed by atoms with Crippen molar-refractivity contribution in [3.63, 3.8) is 0 Å². The Morgan fingerprint density at radius 2 is 1.86 bits per heavy atom. The van der Waals surface area contributed by atoms with Gasteiger partial charge in [-0.05, 0) is 24.3 Å². The van der Waals surface area contributed by atoms with Gasteiger partial charge in [-0.2, -0.15) is 5.10 Å². The second kappa shape index (κ2) is 10.3. The van der Waals surface area contributed by atoms with Crippen LogP contribution in [0.5, 0.6) is 5.75 Å². The largest absolute Gasteiger partial charge is 0.494 e. The van der Waals surface area contributed by atoms with Crippen LogP contribution in [-0.4, -0.2) is 51.0 Å². The number of ether oxygens (including phenoxy) is 1. The minimum atomic E-state index is -2.76. The predicted molar refractivity (Wildman–Crippen MR) is 131 cm³/mol. The van der Waals surface area contributed by atoms with Crippen LogP contribution in [0.15, 0.2) is 60.9 Å². The third-order valence-electron chi connectivity index (χ3n) is 4.72. The number of methoxy groups -OCH3 is 1. The molecule has 0 spiro atoms. The monoisotopic (exact) mass is 476 g/mol. The molecule has 35 heavy (non-hydrogen) atoms. The number of para-hydroxylation sites is 2. The third-order valence-corrected chi connectivity index (χ3v) is 4.72. The number of aryl methyl sites for hydroxylation is 1. The van der Waals surface area contributed by atoms with Crippen LogP contribution >= 0.6 is 0 Å². The molecule has 3 amide bonds. The summed E-state index contributed by atoms with van der Waals surface area (Å²) in [5, 5.41) is 22.1. The van der Waals surface area contributed by atoms with Gasteiger partial charge in [0.25, 0.3) is 5.91 Å². The summed E-state index contributed by atoms with van der Waals surface area (Å²) < 4.78 is 29.2. The highest BCUT2D eigenvalue weighted by atomic mass is 16.5. The van der Waals surface area contributed by atoms with E-state index in [0.717, 1.165) is 0 Å². The maximum atomic E-state index is 12.7. The molecule has 0 atom stereocenters. The fourth-order valence-electron chi connectivity index (χ4n) is 3.21. The van der Waals surface area contributed by atoms with Crippen molar-refractivity contribution in [1.82, 2.24) is 30.3 Å². The van der Waals surface area contributed by atoms with Gasteiger partial charge in [0.2, 0.25) is 0 Å². The Kier molecular flexibility index (Phi) is 5.72. The SMILES string of the molecule is [2H]C([2H])([2H])NC(=O)c1nnc(NC(=O)Nc2ccccc2)cc1Nc1cccc(-c2ncn(C)n2)c1OC. The molecule has 178 valence electrons. The van der Waals surface area contributed by atoms with Gasteiger partial charge in [-0.1, -0.05) is 24.3 Å². The fraction of sp³-hybridized carbons (Fsp3) is 0.130. The molecule has 0 aliphatic rings. The van der Waals surface area contributed by atoms with E-state index in [1.807, 2.05) is 11.4 Å². The van der Waals surface area contributed by atoms with Crippen LogP contribution in [0.2, 0.25) is 0 Å². The summed E-state index contributed by atoms with van der Waals surface area (Å²) in [5.41, 5.74) is 1.25. The van der Waals surface area contributed by atoms with E-state index in [1.54, 1.807) is 49.5 Å². The minimum absolute atomic E-state index is 0.00659. The number of urea groups is 1. The number of nitrogens with zero attached hydrogens (tertiary/aromatic N) is 5. The Morgan fingerprint density at radius 1 is 1.03 bits per heavy atom. The summed E-state index contributed by atoms with van der Waals surface area (Å²) in [5.74, 6) is -0.245. The molecule has 0 saturated heterocycles. The van der Waals surface area contributed by atoms with E-state index in [0.29, 0.717) is 28.5 Å². The summed E-state index contributed by atoms with van der Waals surface area (Å²) in [7, 11) is 3.19.